The minimum Gasteiger partial charge on any atom is -0.379 e. The molecule has 1 aliphatic heterocycles. The van der Waals surface area contributed by atoms with Crippen LogP contribution in [0.3, 0.4) is 0 Å². The van der Waals surface area contributed by atoms with E-state index in [1.807, 2.05) is 18.7 Å². The average Bonchev–Trinajstić information content (AvgIpc) is 2.88. The zero-order chi connectivity index (χ0) is 16.2. The third-order valence-electron chi connectivity index (χ3n) is 3.44. The zero-order valence-electron chi connectivity index (χ0n) is 14.8. The summed E-state index contributed by atoms with van der Waals surface area (Å²) in [7, 11) is 0. The van der Waals surface area contributed by atoms with Crippen molar-refractivity contribution in [3.63, 3.8) is 0 Å². The van der Waals surface area contributed by atoms with Crippen LogP contribution in [0.1, 0.15) is 46.5 Å². The largest absolute Gasteiger partial charge is 0.379 e. The Morgan fingerprint density at radius 2 is 2.13 bits per heavy atom. The van der Waals surface area contributed by atoms with E-state index < -0.39 is 0 Å². The van der Waals surface area contributed by atoms with E-state index in [9.17, 15) is 4.79 Å². The molecule has 23 heavy (non-hydrogen) atoms. The SMILES string of the molecule is CCNC(=NCCCN1CCCC1=O)NCCCOC(C)C.I. The quantitative estimate of drug-likeness (QED) is 0.236. The van der Waals surface area contributed by atoms with Crippen LogP contribution in [0.4, 0.5) is 0 Å². The fourth-order valence-corrected chi connectivity index (χ4v) is 2.33. The Bertz CT molecular complexity index is 351. The minimum atomic E-state index is 0. The van der Waals surface area contributed by atoms with E-state index >= 15 is 0 Å². The van der Waals surface area contributed by atoms with Crippen molar-refractivity contribution < 1.29 is 9.53 Å². The van der Waals surface area contributed by atoms with Gasteiger partial charge in [-0.15, -0.1) is 24.0 Å². The maximum atomic E-state index is 11.5. The lowest BCUT2D eigenvalue weighted by Crippen LogP contribution is -2.38. The number of rotatable bonds is 10. The molecule has 0 unspecified atom stereocenters. The van der Waals surface area contributed by atoms with Gasteiger partial charge < -0.3 is 20.3 Å². The van der Waals surface area contributed by atoms with Gasteiger partial charge in [0.15, 0.2) is 5.96 Å². The Labute approximate surface area is 157 Å². The van der Waals surface area contributed by atoms with Crippen LogP contribution in [0.15, 0.2) is 4.99 Å². The number of nitrogens with one attached hydrogen (secondary N) is 2. The maximum absolute atomic E-state index is 11.5. The highest BCUT2D eigenvalue weighted by Crippen LogP contribution is 2.09. The number of carbonyl (C=O) groups is 1. The van der Waals surface area contributed by atoms with Gasteiger partial charge in [-0.2, -0.15) is 0 Å². The summed E-state index contributed by atoms with van der Waals surface area (Å²) in [5.41, 5.74) is 0. The van der Waals surface area contributed by atoms with E-state index in [0.29, 0.717) is 12.3 Å². The summed E-state index contributed by atoms with van der Waals surface area (Å²) in [5.74, 6) is 1.14. The van der Waals surface area contributed by atoms with Gasteiger partial charge in [0.1, 0.15) is 0 Å². The fraction of sp³-hybridized carbons (Fsp3) is 0.875. The number of carbonyl (C=O) groups excluding carboxylic acids is 1. The van der Waals surface area contributed by atoms with Crippen LogP contribution in [0.25, 0.3) is 0 Å². The van der Waals surface area contributed by atoms with E-state index in [2.05, 4.69) is 22.5 Å². The molecule has 1 rings (SSSR count). The molecule has 1 amide bonds. The van der Waals surface area contributed by atoms with Crippen molar-refractivity contribution in [2.75, 3.05) is 39.3 Å². The topological polar surface area (TPSA) is 66.0 Å². The number of ether oxygens (including phenoxy) is 1. The molecule has 0 aliphatic carbocycles. The maximum Gasteiger partial charge on any atom is 0.222 e. The predicted octanol–water partition coefficient (Wildman–Crippen LogP) is 1.99. The molecule has 1 heterocycles. The van der Waals surface area contributed by atoms with Gasteiger partial charge in [-0.3, -0.25) is 9.79 Å². The Morgan fingerprint density at radius 1 is 1.35 bits per heavy atom. The molecule has 6 nitrogen and oxygen atoms in total. The number of likely N-dealkylation sites (tertiary alicyclic amines) is 1. The number of halogens is 1. The van der Waals surface area contributed by atoms with E-state index in [1.165, 1.54) is 0 Å². The van der Waals surface area contributed by atoms with Gasteiger partial charge in [-0.25, -0.2) is 0 Å². The molecule has 0 spiro atoms. The number of hydrogen-bond donors (Lipinski definition) is 2. The second-order valence-electron chi connectivity index (χ2n) is 5.80. The number of amides is 1. The normalized spacial score (nSPS) is 15.0. The molecular weight excluding hydrogens is 407 g/mol. The van der Waals surface area contributed by atoms with Crippen LogP contribution < -0.4 is 10.6 Å². The summed E-state index contributed by atoms with van der Waals surface area (Å²) in [6, 6.07) is 0. The molecule has 0 aromatic carbocycles. The Hall–Kier alpha value is -0.570. The average molecular weight is 440 g/mol. The molecule has 1 aliphatic rings. The van der Waals surface area contributed by atoms with Gasteiger partial charge in [-0.1, -0.05) is 0 Å². The van der Waals surface area contributed by atoms with Crippen LogP contribution in [-0.4, -0.2) is 62.2 Å². The van der Waals surface area contributed by atoms with Gasteiger partial charge in [0, 0.05) is 45.8 Å². The summed E-state index contributed by atoms with van der Waals surface area (Å²) in [4.78, 5) is 18.0. The van der Waals surface area contributed by atoms with Crippen molar-refractivity contribution in [1.82, 2.24) is 15.5 Å². The molecule has 2 N–H and O–H groups in total. The highest BCUT2D eigenvalue weighted by Gasteiger charge is 2.18. The van der Waals surface area contributed by atoms with Gasteiger partial charge in [0.25, 0.3) is 0 Å². The Morgan fingerprint density at radius 3 is 2.74 bits per heavy atom. The lowest BCUT2D eigenvalue weighted by atomic mass is 10.4. The first-order chi connectivity index (χ1) is 10.6. The van der Waals surface area contributed by atoms with Crippen molar-refractivity contribution in [3.8, 4) is 0 Å². The Balaban J connectivity index is 0.00000484. The molecule has 1 saturated heterocycles. The third kappa shape index (κ3) is 10.8. The van der Waals surface area contributed by atoms with Crippen molar-refractivity contribution in [2.45, 2.75) is 52.6 Å². The Kier molecular flexibility index (Phi) is 13.5. The van der Waals surface area contributed by atoms with Gasteiger partial charge in [-0.05, 0) is 40.0 Å². The monoisotopic (exact) mass is 440 g/mol. The summed E-state index contributed by atoms with van der Waals surface area (Å²) < 4.78 is 5.51. The lowest BCUT2D eigenvalue weighted by molar-refractivity contribution is -0.127. The number of aliphatic imine (C=N–C) groups is 1. The predicted molar refractivity (Wildman–Crippen MR) is 106 cm³/mol. The van der Waals surface area contributed by atoms with Gasteiger partial charge in [0.05, 0.1) is 6.10 Å². The summed E-state index contributed by atoms with van der Waals surface area (Å²) in [5, 5.41) is 6.55. The smallest absolute Gasteiger partial charge is 0.222 e. The van der Waals surface area contributed by atoms with Crippen LogP contribution in [0, 0.1) is 0 Å². The van der Waals surface area contributed by atoms with Crippen molar-refractivity contribution in [3.05, 3.63) is 0 Å². The lowest BCUT2D eigenvalue weighted by Gasteiger charge is -2.15. The molecule has 0 radical (unpaired) electrons. The number of hydrogen-bond acceptors (Lipinski definition) is 3. The molecule has 0 aromatic rings. The standard InChI is InChI=1S/C16H32N4O2.HI/c1-4-17-16(19-10-7-13-22-14(2)3)18-9-6-12-20-11-5-8-15(20)21;/h14H,4-13H2,1-3H3,(H2,17,18,19);1H. The third-order valence-corrected chi connectivity index (χ3v) is 3.44. The molecule has 0 aromatic heterocycles. The summed E-state index contributed by atoms with van der Waals surface area (Å²) >= 11 is 0. The zero-order valence-corrected chi connectivity index (χ0v) is 17.1. The molecule has 7 heteroatoms. The second kappa shape index (κ2) is 13.8. The van der Waals surface area contributed by atoms with E-state index in [4.69, 9.17) is 4.74 Å². The van der Waals surface area contributed by atoms with Crippen LogP contribution in [-0.2, 0) is 9.53 Å². The van der Waals surface area contributed by atoms with Crippen LogP contribution in [0.5, 0.6) is 0 Å². The van der Waals surface area contributed by atoms with Crippen molar-refractivity contribution in [2.24, 2.45) is 4.99 Å². The first-order valence-electron chi connectivity index (χ1n) is 8.55. The van der Waals surface area contributed by atoms with Crippen molar-refractivity contribution in [1.29, 1.82) is 0 Å². The van der Waals surface area contributed by atoms with Crippen LogP contribution >= 0.6 is 24.0 Å². The molecule has 0 atom stereocenters. The fourth-order valence-electron chi connectivity index (χ4n) is 2.33. The molecule has 0 bridgehead atoms. The molecule has 1 fully saturated rings. The highest BCUT2D eigenvalue weighted by molar-refractivity contribution is 14.0. The van der Waals surface area contributed by atoms with E-state index in [-0.39, 0.29) is 30.1 Å². The summed E-state index contributed by atoms with van der Waals surface area (Å²) in [6.07, 6.45) is 3.88. The van der Waals surface area contributed by atoms with E-state index in [1.54, 1.807) is 0 Å². The van der Waals surface area contributed by atoms with Gasteiger partial charge in [0.2, 0.25) is 5.91 Å². The van der Waals surface area contributed by atoms with Crippen LogP contribution in [0.2, 0.25) is 0 Å². The number of guanidine groups is 1. The second-order valence-corrected chi connectivity index (χ2v) is 5.80. The molecule has 0 saturated carbocycles. The minimum absolute atomic E-state index is 0. The first kappa shape index (κ1) is 22.4. The first-order valence-corrected chi connectivity index (χ1v) is 8.55. The molecular formula is C16H33IN4O2. The summed E-state index contributed by atoms with van der Waals surface area (Å²) in [6.45, 7) is 11.1. The van der Waals surface area contributed by atoms with E-state index in [0.717, 1.165) is 64.6 Å². The number of nitrogens with zero attached hydrogens (tertiary/aromatic N) is 2. The molecule has 136 valence electrons. The highest BCUT2D eigenvalue weighted by atomic mass is 127. The van der Waals surface area contributed by atoms with Crippen molar-refractivity contribution >= 4 is 35.8 Å². The van der Waals surface area contributed by atoms with Gasteiger partial charge >= 0.3 is 0 Å².